The highest BCUT2D eigenvalue weighted by Gasteiger charge is 2.22. The van der Waals surface area contributed by atoms with E-state index in [1.807, 2.05) is 0 Å². The van der Waals surface area contributed by atoms with Crippen LogP contribution in [0.1, 0.15) is 5.56 Å². The third-order valence-electron chi connectivity index (χ3n) is 5.89. The summed E-state index contributed by atoms with van der Waals surface area (Å²) in [5.74, 6) is 1.06. The first-order chi connectivity index (χ1) is 13.8. The number of para-hydroxylation sites is 1. The van der Waals surface area contributed by atoms with Crippen LogP contribution in [0.15, 0.2) is 60.9 Å². The average Bonchev–Trinajstić information content (AvgIpc) is 3.06. The van der Waals surface area contributed by atoms with Gasteiger partial charge in [-0.3, -0.25) is 4.90 Å². The van der Waals surface area contributed by atoms with Crippen LogP contribution in [-0.2, 0) is 13.5 Å². The molecule has 3 heterocycles. The summed E-state index contributed by atoms with van der Waals surface area (Å²) in [5, 5.41) is 1.20. The third-order valence-corrected chi connectivity index (χ3v) is 5.89. The van der Waals surface area contributed by atoms with Gasteiger partial charge in [-0.05, 0) is 18.1 Å². The smallest absolute Gasteiger partial charge is 0.156 e. The van der Waals surface area contributed by atoms with Crippen molar-refractivity contribution in [1.82, 2.24) is 19.4 Å². The molecule has 1 aliphatic rings. The number of fused-ring (bicyclic) bond motifs is 3. The maximum absolute atomic E-state index is 4.68. The Morgan fingerprint density at radius 1 is 0.857 bits per heavy atom. The predicted octanol–water partition coefficient (Wildman–Crippen LogP) is 3.49. The van der Waals surface area contributed by atoms with E-state index in [9.17, 15) is 0 Å². The van der Waals surface area contributed by atoms with Gasteiger partial charge in [0.15, 0.2) is 5.82 Å². The Balaban J connectivity index is 1.35. The molecule has 0 spiro atoms. The fourth-order valence-corrected chi connectivity index (χ4v) is 4.31. The highest BCUT2D eigenvalue weighted by Crippen LogP contribution is 2.31. The van der Waals surface area contributed by atoms with Crippen LogP contribution < -0.4 is 4.90 Å². The Labute approximate surface area is 165 Å². The fraction of sp³-hybridized carbons (Fsp3) is 0.304. The number of benzene rings is 2. The monoisotopic (exact) mass is 371 g/mol. The number of nitrogens with zero attached hydrogens (tertiary/aromatic N) is 5. The maximum Gasteiger partial charge on any atom is 0.156 e. The van der Waals surface area contributed by atoms with Crippen molar-refractivity contribution in [3.05, 3.63) is 66.5 Å². The molecule has 0 N–H and O–H groups in total. The van der Waals surface area contributed by atoms with Crippen molar-refractivity contribution in [3.8, 4) is 0 Å². The zero-order valence-electron chi connectivity index (χ0n) is 16.3. The van der Waals surface area contributed by atoms with E-state index >= 15 is 0 Å². The zero-order chi connectivity index (χ0) is 18.9. The van der Waals surface area contributed by atoms with E-state index in [2.05, 4.69) is 86.0 Å². The van der Waals surface area contributed by atoms with Gasteiger partial charge < -0.3 is 9.47 Å². The Kier molecular flexibility index (Phi) is 4.45. The molecule has 2 aromatic carbocycles. The fourth-order valence-electron chi connectivity index (χ4n) is 4.31. The van der Waals surface area contributed by atoms with Crippen LogP contribution in [0.25, 0.3) is 21.9 Å². The SMILES string of the molecule is Cn1c2ccccc2c2ncnc(N3CCN(CCc4ccccc4)CC3)c21. The lowest BCUT2D eigenvalue weighted by Gasteiger charge is -2.35. The third kappa shape index (κ3) is 3.02. The number of piperazine rings is 1. The molecule has 0 radical (unpaired) electrons. The molecule has 1 aliphatic heterocycles. The lowest BCUT2D eigenvalue weighted by Crippen LogP contribution is -2.47. The molecule has 0 saturated carbocycles. The normalized spacial score (nSPS) is 15.5. The molecule has 0 amide bonds. The summed E-state index contributed by atoms with van der Waals surface area (Å²) in [6.45, 7) is 5.26. The van der Waals surface area contributed by atoms with Crippen molar-refractivity contribution in [1.29, 1.82) is 0 Å². The van der Waals surface area contributed by atoms with E-state index in [1.54, 1.807) is 6.33 Å². The first-order valence-electron chi connectivity index (χ1n) is 10.0. The van der Waals surface area contributed by atoms with Gasteiger partial charge in [0.25, 0.3) is 0 Å². The van der Waals surface area contributed by atoms with Gasteiger partial charge in [0.05, 0.1) is 5.52 Å². The quantitative estimate of drug-likeness (QED) is 0.550. The number of anilines is 1. The van der Waals surface area contributed by atoms with Gasteiger partial charge in [0.2, 0.25) is 0 Å². The largest absolute Gasteiger partial charge is 0.352 e. The minimum Gasteiger partial charge on any atom is -0.352 e. The zero-order valence-corrected chi connectivity index (χ0v) is 16.3. The van der Waals surface area contributed by atoms with Crippen LogP contribution in [0, 0.1) is 0 Å². The molecule has 1 fully saturated rings. The lowest BCUT2D eigenvalue weighted by molar-refractivity contribution is 0.260. The van der Waals surface area contributed by atoms with Crippen LogP contribution in [0.5, 0.6) is 0 Å². The van der Waals surface area contributed by atoms with Gasteiger partial charge in [-0.25, -0.2) is 9.97 Å². The summed E-state index contributed by atoms with van der Waals surface area (Å²) in [7, 11) is 2.12. The van der Waals surface area contributed by atoms with Crippen molar-refractivity contribution < 1.29 is 0 Å². The van der Waals surface area contributed by atoms with Crippen LogP contribution in [0.2, 0.25) is 0 Å². The molecule has 5 heteroatoms. The molecule has 5 rings (SSSR count). The van der Waals surface area contributed by atoms with Crippen LogP contribution in [0.3, 0.4) is 0 Å². The minimum atomic E-state index is 1.00. The van der Waals surface area contributed by atoms with Crippen molar-refractivity contribution >= 4 is 27.8 Å². The van der Waals surface area contributed by atoms with Crippen LogP contribution >= 0.6 is 0 Å². The molecule has 0 unspecified atom stereocenters. The number of aryl methyl sites for hydroxylation is 1. The van der Waals surface area contributed by atoms with E-state index in [1.165, 1.54) is 16.5 Å². The minimum absolute atomic E-state index is 1.00. The van der Waals surface area contributed by atoms with Gasteiger partial charge >= 0.3 is 0 Å². The Morgan fingerprint density at radius 2 is 1.61 bits per heavy atom. The molecule has 0 aliphatic carbocycles. The summed E-state index contributed by atoms with van der Waals surface area (Å²) in [6.07, 6.45) is 2.83. The Hall–Kier alpha value is -2.92. The van der Waals surface area contributed by atoms with E-state index in [4.69, 9.17) is 0 Å². The molecule has 5 nitrogen and oxygen atoms in total. The van der Waals surface area contributed by atoms with Crippen LogP contribution in [0.4, 0.5) is 5.82 Å². The van der Waals surface area contributed by atoms with E-state index < -0.39 is 0 Å². The van der Waals surface area contributed by atoms with Gasteiger partial charge in [-0.2, -0.15) is 0 Å². The van der Waals surface area contributed by atoms with E-state index in [-0.39, 0.29) is 0 Å². The van der Waals surface area contributed by atoms with Gasteiger partial charge in [-0.1, -0.05) is 48.5 Å². The predicted molar refractivity (Wildman–Crippen MR) is 115 cm³/mol. The second-order valence-electron chi connectivity index (χ2n) is 7.53. The second kappa shape index (κ2) is 7.24. The van der Waals surface area contributed by atoms with Crippen molar-refractivity contribution in [3.63, 3.8) is 0 Å². The molecule has 4 aromatic rings. The highest BCUT2D eigenvalue weighted by molar-refractivity contribution is 6.08. The van der Waals surface area contributed by atoms with Crippen molar-refractivity contribution in [2.24, 2.45) is 7.05 Å². The molecule has 2 aromatic heterocycles. The summed E-state index contributed by atoms with van der Waals surface area (Å²) in [5.41, 5.74) is 4.81. The van der Waals surface area contributed by atoms with E-state index in [0.29, 0.717) is 0 Å². The van der Waals surface area contributed by atoms with E-state index in [0.717, 1.165) is 56.0 Å². The molecule has 0 bridgehead atoms. The maximum atomic E-state index is 4.68. The van der Waals surface area contributed by atoms with Gasteiger partial charge in [0, 0.05) is 45.2 Å². The molecule has 142 valence electrons. The Bertz CT molecular complexity index is 1090. The molecular weight excluding hydrogens is 346 g/mol. The number of rotatable bonds is 4. The molecular formula is C23H25N5. The lowest BCUT2D eigenvalue weighted by atomic mass is 10.1. The summed E-state index contributed by atoms with van der Waals surface area (Å²) >= 11 is 0. The van der Waals surface area contributed by atoms with Crippen molar-refractivity contribution in [2.75, 3.05) is 37.6 Å². The van der Waals surface area contributed by atoms with Gasteiger partial charge in [0.1, 0.15) is 17.4 Å². The average molecular weight is 371 g/mol. The number of aromatic nitrogens is 3. The second-order valence-corrected chi connectivity index (χ2v) is 7.53. The first-order valence-corrected chi connectivity index (χ1v) is 10.0. The number of hydrogen-bond acceptors (Lipinski definition) is 4. The summed E-state index contributed by atoms with van der Waals surface area (Å²) in [4.78, 5) is 14.3. The topological polar surface area (TPSA) is 37.2 Å². The van der Waals surface area contributed by atoms with Crippen molar-refractivity contribution in [2.45, 2.75) is 6.42 Å². The first kappa shape index (κ1) is 17.2. The highest BCUT2D eigenvalue weighted by atomic mass is 15.3. The Morgan fingerprint density at radius 3 is 2.43 bits per heavy atom. The molecule has 28 heavy (non-hydrogen) atoms. The molecule has 0 atom stereocenters. The molecule has 1 saturated heterocycles. The summed E-state index contributed by atoms with van der Waals surface area (Å²) in [6, 6.07) is 19.2. The number of hydrogen-bond donors (Lipinski definition) is 0. The standard InChI is InChI=1S/C23H25N5/c1-26-20-10-6-5-9-19(20)21-22(26)23(25-17-24-21)28-15-13-27(14-16-28)12-11-18-7-3-2-4-8-18/h2-10,17H,11-16H2,1H3. The van der Waals surface area contributed by atoms with Gasteiger partial charge in [-0.15, -0.1) is 0 Å². The van der Waals surface area contributed by atoms with Crippen LogP contribution in [-0.4, -0.2) is 52.2 Å². The summed E-state index contributed by atoms with van der Waals surface area (Å²) < 4.78 is 2.24.